The summed E-state index contributed by atoms with van der Waals surface area (Å²) in [4.78, 5) is 16.1. The Morgan fingerprint density at radius 3 is 2.68 bits per heavy atom. The molecule has 0 radical (unpaired) electrons. The number of halogens is 2. The maximum atomic E-state index is 13.5. The van der Waals surface area contributed by atoms with Gasteiger partial charge in [0, 0.05) is 35.5 Å². The van der Waals surface area contributed by atoms with Crippen molar-refractivity contribution >= 4 is 17.5 Å². The van der Waals surface area contributed by atoms with Crippen molar-refractivity contribution in [2.24, 2.45) is 0 Å². The van der Waals surface area contributed by atoms with Gasteiger partial charge in [-0.3, -0.25) is 4.79 Å². The number of hydrogen-bond donors (Lipinski definition) is 1. The Labute approximate surface area is 148 Å². The van der Waals surface area contributed by atoms with E-state index in [4.69, 9.17) is 16.1 Å². The van der Waals surface area contributed by atoms with E-state index in [-0.39, 0.29) is 24.7 Å². The average Bonchev–Trinajstić information content (AvgIpc) is 3.09. The fourth-order valence-corrected chi connectivity index (χ4v) is 2.34. The van der Waals surface area contributed by atoms with Crippen molar-refractivity contribution < 1.29 is 13.7 Å². The molecule has 0 bridgehead atoms. The third-order valence-corrected chi connectivity index (χ3v) is 3.82. The summed E-state index contributed by atoms with van der Waals surface area (Å²) >= 11 is 5.84. The molecule has 0 fully saturated rings. The SMILES string of the molecule is O=C(CCc1nc(-c2ccc(Cl)cc2)no1)NCc1ccccc1F. The average molecular weight is 360 g/mol. The first-order chi connectivity index (χ1) is 12.1. The van der Waals surface area contributed by atoms with Gasteiger partial charge in [-0.05, 0) is 30.3 Å². The zero-order valence-electron chi connectivity index (χ0n) is 13.2. The fourth-order valence-electron chi connectivity index (χ4n) is 2.22. The minimum absolute atomic E-state index is 0.144. The van der Waals surface area contributed by atoms with E-state index in [0.717, 1.165) is 5.56 Å². The van der Waals surface area contributed by atoms with Crippen LogP contribution in [-0.2, 0) is 17.8 Å². The lowest BCUT2D eigenvalue weighted by molar-refractivity contribution is -0.121. The molecule has 0 aliphatic heterocycles. The lowest BCUT2D eigenvalue weighted by atomic mass is 10.2. The van der Waals surface area contributed by atoms with Crippen LogP contribution >= 0.6 is 11.6 Å². The van der Waals surface area contributed by atoms with Gasteiger partial charge < -0.3 is 9.84 Å². The van der Waals surface area contributed by atoms with Crippen molar-refractivity contribution in [2.45, 2.75) is 19.4 Å². The summed E-state index contributed by atoms with van der Waals surface area (Å²) in [6.07, 6.45) is 0.487. The molecule has 7 heteroatoms. The molecule has 2 aromatic carbocycles. The van der Waals surface area contributed by atoms with E-state index < -0.39 is 0 Å². The molecule has 25 heavy (non-hydrogen) atoms. The van der Waals surface area contributed by atoms with Gasteiger partial charge in [0.25, 0.3) is 0 Å². The summed E-state index contributed by atoms with van der Waals surface area (Å²) in [5, 5.41) is 7.18. The third kappa shape index (κ3) is 4.64. The number of hydrogen-bond acceptors (Lipinski definition) is 4. The second-order valence-electron chi connectivity index (χ2n) is 5.39. The van der Waals surface area contributed by atoms with Crippen LogP contribution in [0.1, 0.15) is 17.9 Å². The Kier molecular flexibility index (Phi) is 5.40. The van der Waals surface area contributed by atoms with Gasteiger partial charge in [-0.1, -0.05) is 35.0 Å². The molecule has 1 N–H and O–H groups in total. The lowest BCUT2D eigenvalue weighted by Gasteiger charge is -2.05. The highest BCUT2D eigenvalue weighted by Gasteiger charge is 2.11. The van der Waals surface area contributed by atoms with Crippen LogP contribution in [0.4, 0.5) is 4.39 Å². The first-order valence-corrected chi connectivity index (χ1v) is 8.08. The summed E-state index contributed by atoms with van der Waals surface area (Å²) in [6.45, 7) is 0.144. The van der Waals surface area contributed by atoms with Gasteiger partial charge >= 0.3 is 0 Å². The second kappa shape index (κ2) is 7.90. The van der Waals surface area contributed by atoms with Gasteiger partial charge in [-0.25, -0.2) is 4.39 Å². The molecule has 1 aromatic heterocycles. The highest BCUT2D eigenvalue weighted by Crippen LogP contribution is 2.19. The maximum absolute atomic E-state index is 13.5. The van der Waals surface area contributed by atoms with Crippen molar-refractivity contribution in [2.75, 3.05) is 0 Å². The Balaban J connectivity index is 1.51. The van der Waals surface area contributed by atoms with Crippen molar-refractivity contribution in [3.8, 4) is 11.4 Å². The summed E-state index contributed by atoms with van der Waals surface area (Å²) in [5.41, 5.74) is 1.22. The standard InChI is InChI=1S/C18H15ClFN3O2/c19-14-7-5-12(6-8-14)18-22-17(25-23-18)10-9-16(24)21-11-13-3-1-2-4-15(13)20/h1-8H,9-11H2,(H,21,24). The highest BCUT2D eigenvalue weighted by atomic mass is 35.5. The van der Waals surface area contributed by atoms with Crippen LogP contribution in [0.3, 0.4) is 0 Å². The Morgan fingerprint density at radius 2 is 1.92 bits per heavy atom. The van der Waals surface area contributed by atoms with Crippen LogP contribution in [0, 0.1) is 5.82 Å². The largest absolute Gasteiger partial charge is 0.352 e. The number of benzene rings is 2. The Bertz CT molecular complexity index is 865. The number of carbonyl (C=O) groups excluding carboxylic acids is 1. The Hall–Kier alpha value is -2.73. The molecule has 1 amide bonds. The molecule has 0 saturated carbocycles. The molecule has 3 aromatic rings. The van der Waals surface area contributed by atoms with Gasteiger partial charge in [-0.15, -0.1) is 0 Å². The maximum Gasteiger partial charge on any atom is 0.227 e. The molecule has 128 valence electrons. The quantitative estimate of drug-likeness (QED) is 0.727. The van der Waals surface area contributed by atoms with Crippen LogP contribution in [0.5, 0.6) is 0 Å². The van der Waals surface area contributed by atoms with E-state index >= 15 is 0 Å². The molecular formula is C18H15ClFN3O2. The minimum Gasteiger partial charge on any atom is -0.352 e. The van der Waals surface area contributed by atoms with Crippen molar-refractivity contribution in [3.63, 3.8) is 0 Å². The fraction of sp³-hybridized carbons (Fsp3) is 0.167. The molecule has 0 spiro atoms. The van der Waals surface area contributed by atoms with Crippen LogP contribution in [0.25, 0.3) is 11.4 Å². The van der Waals surface area contributed by atoms with E-state index in [1.165, 1.54) is 6.07 Å². The van der Waals surface area contributed by atoms with Gasteiger partial charge in [0.1, 0.15) is 5.82 Å². The zero-order chi connectivity index (χ0) is 17.6. The third-order valence-electron chi connectivity index (χ3n) is 3.57. The number of amides is 1. The number of aryl methyl sites for hydroxylation is 1. The smallest absolute Gasteiger partial charge is 0.227 e. The predicted octanol–water partition coefficient (Wildman–Crippen LogP) is 3.78. The molecule has 0 unspecified atom stereocenters. The number of nitrogens with zero attached hydrogens (tertiary/aromatic N) is 2. The number of nitrogens with one attached hydrogen (secondary N) is 1. The predicted molar refractivity (Wildman–Crippen MR) is 91.3 cm³/mol. The van der Waals surface area contributed by atoms with Crippen molar-refractivity contribution in [1.29, 1.82) is 0 Å². The van der Waals surface area contributed by atoms with Crippen LogP contribution in [-0.4, -0.2) is 16.0 Å². The summed E-state index contributed by atoms with van der Waals surface area (Å²) < 4.78 is 18.6. The van der Waals surface area contributed by atoms with Gasteiger partial charge in [0.2, 0.25) is 17.6 Å². The summed E-state index contributed by atoms with van der Waals surface area (Å²) in [6, 6.07) is 13.4. The van der Waals surface area contributed by atoms with Crippen LogP contribution in [0.15, 0.2) is 53.1 Å². The monoisotopic (exact) mass is 359 g/mol. The molecule has 0 aliphatic carbocycles. The first kappa shape index (κ1) is 17.1. The molecular weight excluding hydrogens is 345 g/mol. The highest BCUT2D eigenvalue weighted by molar-refractivity contribution is 6.30. The lowest BCUT2D eigenvalue weighted by Crippen LogP contribution is -2.23. The molecule has 1 heterocycles. The molecule has 0 aliphatic rings. The zero-order valence-corrected chi connectivity index (χ0v) is 14.0. The number of rotatable bonds is 6. The topological polar surface area (TPSA) is 68.0 Å². The van der Waals surface area contributed by atoms with E-state index in [0.29, 0.717) is 28.7 Å². The van der Waals surface area contributed by atoms with Crippen molar-refractivity contribution in [3.05, 3.63) is 70.8 Å². The van der Waals surface area contributed by atoms with E-state index in [9.17, 15) is 9.18 Å². The van der Waals surface area contributed by atoms with Gasteiger partial charge in [0.05, 0.1) is 0 Å². The number of aromatic nitrogens is 2. The summed E-state index contributed by atoms with van der Waals surface area (Å²) in [5.74, 6) is 0.256. The first-order valence-electron chi connectivity index (χ1n) is 7.70. The van der Waals surface area contributed by atoms with E-state index in [1.807, 2.05) is 0 Å². The van der Waals surface area contributed by atoms with Crippen molar-refractivity contribution in [1.82, 2.24) is 15.5 Å². The van der Waals surface area contributed by atoms with Crippen LogP contribution in [0.2, 0.25) is 5.02 Å². The summed E-state index contributed by atoms with van der Waals surface area (Å²) in [7, 11) is 0. The Morgan fingerprint density at radius 1 is 1.16 bits per heavy atom. The van der Waals surface area contributed by atoms with E-state index in [2.05, 4.69) is 15.5 Å². The second-order valence-corrected chi connectivity index (χ2v) is 5.82. The molecule has 0 saturated heterocycles. The van der Waals surface area contributed by atoms with E-state index in [1.54, 1.807) is 42.5 Å². The minimum atomic E-state index is -0.340. The molecule has 5 nitrogen and oxygen atoms in total. The van der Waals surface area contributed by atoms with Gasteiger partial charge in [-0.2, -0.15) is 4.98 Å². The normalized spacial score (nSPS) is 10.6. The van der Waals surface area contributed by atoms with Crippen LogP contribution < -0.4 is 5.32 Å². The number of carbonyl (C=O) groups is 1. The van der Waals surface area contributed by atoms with Gasteiger partial charge in [0.15, 0.2) is 0 Å². The molecule has 0 atom stereocenters. The molecule has 3 rings (SSSR count).